The molecule has 1 aromatic carbocycles. The van der Waals surface area contributed by atoms with Crippen LogP contribution in [0.2, 0.25) is 0 Å². The Bertz CT molecular complexity index is 615. The summed E-state index contributed by atoms with van der Waals surface area (Å²) in [7, 11) is -3.00. The van der Waals surface area contributed by atoms with Gasteiger partial charge in [0, 0.05) is 25.7 Å². The predicted molar refractivity (Wildman–Crippen MR) is 93.8 cm³/mol. The van der Waals surface area contributed by atoms with Crippen LogP contribution in [-0.4, -0.2) is 38.6 Å². The van der Waals surface area contributed by atoms with Gasteiger partial charge in [0.2, 0.25) is 10.0 Å². The molecule has 0 spiro atoms. The quantitative estimate of drug-likeness (QED) is 0.869. The predicted octanol–water partition coefficient (Wildman–Crippen LogP) is 2.71. The van der Waals surface area contributed by atoms with Gasteiger partial charge in [0.15, 0.2) is 0 Å². The first-order valence-electron chi connectivity index (χ1n) is 8.68. The van der Waals surface area contributed by atoms with Crippen LogP contribution in [0.1, 0.15) is 42.9 Å². The zero-order valence-electron chi connectivity index (χ0n) is 14.2. The molecule has 1 aliphatic heterocycles. The maximum absolute atomic E-state index is 11.5. The largest absolute Gasteiger partial charge is 0.309 e. The van der Waals surface area contributed by atoms with Crippen LogP contribution >= 0.6 is 0 Å². The van der Waals surface area contributed by atoms with Crippen LogP contribution in [0.3, 0.4) is 0 Å². The first-order chi connectivity index (χ1) is 10.9. The Kier molecular flexibility index (Phi) is 5.09. The maximum atomic E-state index is 11.5. The molecule has 1 saturated heterocycles. The molecule has 1 aliphatic carbocycles. The molecule has 0 radical (unpaired) electrons. The lowest BCUT2D eigenvalue weighted by atomic mass is 9.90. The van der Waals surface area contributed by atoms with Gasteiger partial charge in [0.1, 0.15) is 0 Å². The standard InChI is InChI=1S/C18H28N2O2S/c1-14-7-9-17(10-8-14)18(16-5-3-4-6-16)19-11-15-12-20(13-15)23(2,21)22/h7-10,15-16,18-19H,3-6,11-13H2,1-2H3/t18-/m1/s1. The molecule has 0 amide bonds. The summed E-state index contributed by atoms with van der Waals surface area (Å²) < 4.78 is 24.5. The van der Waals surface area contributed by atoms with Crippen LogP contribution in [0, 0.1) is 18.8 Å². The van der Waals surface area contributed by atoms with Gasteiger partial charge < -0.3 is 5.32 Å². The Labute approximate surface area is 140 Å². The Morgan fingerprint density at radius 3 is 2.35 bits per heavy atom. The molecular weight excluding hydrogens is 308 g/mol. The second-order valence-corrected chi connectivity index (χ2v) is 9.27. The molecule has 4 nitrogen and oxygen atoms in total. The average molecular weight is 337 g/mol. The van der Waals surface area contributed by atoms with Crippen molar-refractivity contribution in [2.24, 2.45) is 11.8 Å². The summed E-state index contributed by atoms with van der Waals surface area (Å²) in [5.74, 6) is 1.16. The lowest BCUT2D eigenvalue weighted by Crippen LogP contribution is -2.53. The summed E-state index contributed by atoms with van der Waals surface area (Å²) in [6, 6.07) is 9.27. The summed E-state index contributed by atoms with van der Waals surface area (Å²) in [6.07, 6.45) is 6.56. The zero-order chi connectivity index (χ0) is 16.4. The Morgan fingerprint density at radius 2 is 1.78 bits per heavy atom. The first kappa shape index (κ1) is 16.9. The summed E-state index contributed by atoms with van der Waals surface area (Å²) in [5, 5.41) is 3.75. The van der Waals surface area contributed by atoms with Crippen molar-refractivity contribution >= 4 is 10.0 Å². The van der Waals surface area contributed by atoms with E-state index in [9.17, 15) is 8.42 Å². The molecule has 128 valence electrons. The van der Waals surface area contributed by atoms with Crippen molar-refractivity contribution in [2.75, 3.05) is 25.9 Å². The molecule has 1 atom stereocenters. The van der Waals surface area contributed by atoms with Gasteiger partial charge in [-0.2, -0.15) is 0 Å². The van der Waals surface area contributed by atoms with Gasteiger partial charge in [-0.1, -0.05) is 42.7 Å². The van der Waals surface area contributed by atoms with E-state index in [1.54, 1.807) is 4.31 Å². The minimum Gasteiger partial charge on any atom is -0.309 e. The minimum absolute atomic E-state index is 0.408. The molecule has 2 aliphatic rings. The SMILES string of the molecule is Cc1ccc([C@H](NCC2CN(S(C)(=O)=O)C2)C2CCCC2)cc1. The van der Waals surface area contributed by atoms with Gasteiger partial charge in [-0.3, -0.25) is 0 Å². The summed E-state index contributed by atoms with van der Waals surface area (Å²) in [6.45, 7) is 4.35. The molecule has 1 heterocycles. The van der Waals surface area contributed by atoms with Gasteiger partial charge in [-0.25, -0.2) is 12.7 Å². The highest BCUT2D eigenvalue weighted by Crippen LogP contribution is 2.36. The number of benzene rings is 1. The van der Waals surface area contributed by atoms with Gasteiger partial charge in [-0.05, 0) is 37.2 Å². The lowest BCUT2D eigenvalue weighted by molar-refractivity contribution is 0.186. The Balaban J connectivity index is 1.60. The molecule has 1 aromatic rings. The van der Waals surface area contributed by atoms with Crippen LogP contribution in [-0.2, 0) is 10.0 Å². The number of nitrogens with one attached hydrogen (secondary N) is 1. The van der Waals surface area contributed by atoms with E-state index in [1.165, 1.54) is 43.1 Å². The van der Waals surface area contributed by atoms with Crippen LogP contribution in [0.5, 0.6) is 0 Å². The van der Waals surface area contributed by atoms with Crippen molar-refractivity contribution in [3.05, 3.63) is 35.4 Å². The second-order valence-electron chi connectivity index (χ2n) is 7.29. The topological polar surface area (TPSA) is 49.4 Å². The van der Waals surface area contributed by atoms with E-state index in [0.717, 1.165) is 6.54 Å². The van der Waals surface area contributed by atoms with Crippen LogP contribution in [0.25, 0.3) is 0 Å². The molecule has 3 rings (SSSR count). The monoisotopic (exact) mass is 336 g/mol. The fourth-order valence-electron chi connectivity index (χ4n) is 3.84. The zero-order valence-corrected chi connectivity index (χ0v) is 15.0. The van der Waals surface area contributed by atoms with Crippen molar-refractivity contribution in [1.82, 2.24) is 9.62 Å². The molecule has 1 N–H and O–H groups in total. The molecular formula is C18H28N2O2S. The van der Waals surface area contributed by atoms with Gasteiger partial charge >= 0.3 is 0 Å². The van der Waals surface area contributed by atoms with E-state index in [0.29, 0.717) is 31.0 Å². The van der Waals surface area contributed by atoms with Crippen molar-refractivity contribution < 1.29 is 8.42 Å². The molecule has 23 heavy (non-hydrogen) atoms. The average Bonchev–Trinajstić information content (AvgIpc) is 2.95. The van der Waals surface area contributed by atoms with Gasteiger partial charge in [-0.15, -0.1) is 0 Å². The summed E-state index contributed by atoms with van der Waals surface area (Å²) >= 11 is 0. The van der Waals surface area contributed by atoms with Crippen molar-refractivity contribution in [2.45, 2.75) is 38.6 Å². The summed E-state index contributed by atoms with van der Waals surface area (Å²) in [4.78, 5) is 0. The van der Waals surface area contributed by atoms with Crippen LogP contribution in [0.15, 0.2) is 24.3 Å². The van der Waals surface area contributed by atoms with E-state index in [1.807, 2.05) is 0 Å². The van der Waals surface area contributed by atoms with E-state index in [4.69, 9.17) is 0 Å². The third kappa shape index (κ3) is 4.14. The second kappa shape index (κ2) is 6.91. The number of sulfonamides is 1. The number of hydrogen-bond donors (Lipinski definition) is 1. The van der Waals surface area contributed by atoms with E-state index < -0.39 is 10.0 Å². The Morgan fingerprint density at radius 1 is 1.17 bits per heavy atom. The third-order valence-corrected chi connectivity index (χ3v) is 6.56. The fraction of sp³-hybridized carbons (Fsp3) is 0.667. The maximum Gasteiger partial charge on any atom is 0.211 e. The van der Waals surface area contributed by atoms with Gasteiger partial charge in [0.05, 0.1) is 6.26 Å². The van der Waals surface area contributed by atoms with E-state index >= 15 is 0 Å². The third-order valence-electron chi connectivity index (χ3n) is 5.33. The Hall–Kier alpha value is -0.910. The normalized spacial score (nSPS) is 22.2. The van der Waals surface area contributed by atoms with E-state index in [-0.39, 0.29) is 0 Å². The molecule has 0 bridgehead atoms. The van der Waals surface area contributed by atoms with Crippen molar-refractivity contribution in [3.63, 3.8) is 0 Å². The molecule has 0 unspecified atom stereocenters. The fourth-order valence-corrected chi connectivity index (χ4v) is 4.80. The van der Waals surface area contributed by atoms with Crippen molar-refractivity contribution in [3.8, 4) is 0 Å². The van der Waals surface area contributed by atoms with Gasteiger partial charge in [0.25, 0.3) is 0 Å². The summed E-state index contributed by atoms with van der Waals surface area (Å²) in [5.41, 5.74) is 2.67. The van der Waals surface area contributed by atoms with Crippen LogP contribution < -0.4 is 5.32 Å². The first-order valence-corrected chi connectivity index (χ1v) is 10.5. The smallest absolute Gasteiger partial charge is 0.211 e. The van der Waals surface area contributed by atoms with Crippen molar-refractivity contribution in [1.29, 1.82) is 0 Å². The highest BCUT2D eigenvalue weighted by atomic mass is 32.2. The molecule has 2 fully saturated rings. The molecule has 0 aromatic heterocycles. The highest BCUT2D eigenvalue weighted by molar-refractivity contribution is 7.88. The highest BCUT2D eigenvalue weighted by Gasteiger charge is 2.34. The lowest BCUT2D eigenvalue weighted by Gasteiger charge is -2.38. The molecule has 5 heteroatoms. The van der Waals surface area contributed by atoms with Crippen LogP contribution in [0.4, 0.5) is 0 Å². The number of aryl methyl sites for hydroxylation is 1. The minimum atomic E-state index is -3.00. The number of rotatable bonds is 6. The number of hydrogen-bond acceptors (Lipinski definition) is 3. The molecule has 1 saturated carbocycles. The number of nitrogens with zero attached hydrogens (tertiary/aromatic N) is 1. The van der Waals surface area contributed by atoms with E-state index in [2.05, 4.69) is 36.5 Å².